The molecule has 0 spiro atoms. The van der Waals surface area contributed by atoms with E-state index in [0.29, 0.717) is 104 Å². The van der Waals surface area contributed by atoms with Gasteiger partial charge < -0.3 is 42.8 Å². The van der Waals surface area contributed by atoms with Crippen LogP contribution in [0.1, 0.15) is 70.9 Å². The van der Waals surface area contributed by atoms with Crippen LogP contribution < -0.4 is 4.90 Å². The van der Waals surface area contributed by atoms with E-state index in [9.17, 15) is 30.7 Å². The van der Waals surface area contributed by atoms with Crippen molar-refractivity contribution in [3.05, 3.63) is 83.6 Å². The normalized spacial score (nSPS) is 18.4. The van der Waals surface area contributed by atoms with Crippen molar-refractivity contribution in [3.63, 3.8) is 0 Å². The SMILES string of the molecule is CC[N+]1=C(/C=C/C=C/C=C2/N(CCCCCC(=O)O)c3ccc(S(=O)(=O)[O-])cc3C2(C)CCOCCOCCOCCOCCOC)C(C)(C)c2cc(S(=O)(=O)[O-])ccc21. The van der Waals surface area contributed by atoms with Crippen LogP contribution in [0, 0.1) is 0 Å². The second-order valence-electron chi connectivity index (χ2n) is 15.2. The third kappa shape index (κ3) is 12.9. The van der Waals surface area contributed by atoms with Crippen molar-refractivity contribution in [2.24, 2.45) is 0 Å². The highest BCUT2D eigenvalue weighted by atomic mass is 32.2. The number of ether oxygens (including phenoxy) is 5. The standard InChI is InChI=1S/C43H60N2O13S2/c1-6-44-37-18-16-33(59(48,49)50)31-35(37)42(2,3)39(44)13-9-7-10-14-40-43(4,20-22-55-25-26-57-29-30-58-28-27-56-24-23-54-5)36-32-34(60(51,52)53)17-19-38(36)45(40)21-12-8-11-15-41(46)47/h7,9-10,13-14,16-19,31-32H,6,8,11-12,15,20-30H2,1-5H3,(H2-,46,47,48,49,50,51,52,53)/p-1. The van der Waals surface area contributed by atoms with Crippen molar-refractivity contribution in [2.45, 2.75) is 80.4 Å². The minimum atomic E-state index is -4.76. The molecule has 0 saturated carbocycles. The number of carboxylic acid groups (broad SMARTS) is 1. The van der Waals surface area contributed by atoms with E-state index in [1.165, 1.54) is 24.3 Å². The molecule has 60 heavy (non-hydrogen) atoms. The first-order valence-corrected chi connectivity index (χ1v) is 23.0. The number of nitrogens with zero attached hydrogens (tertiary/aromatic N) is 2. The van der Waals surface area contributed by atoms with Gasteiger partial charge in [-0.1, -0.05) is 24.6 Å². The number of unbranched alkanes of at least 4 members (excludes halogenated alkanes) is 2. The van der Waals surface area contributed by atoms with Gasteiger partial charge >= 0.3 is 5.97 Å². The van der Waals surface area contributed by atoms with Crippen molar-refractivity contribution >= 4 is 43.3 Å². The van der Waals surface area contributed by atoms with Gasteiger partial charge in [0.15, 0.2) is 5.71 Å². The molecule has 4 rings (SSSR count). The fraction of sp³-hybridized carbons (Fsp3) is 0.535. The van der Waals surface area contributed by atoms with E-state index >= 15 is 0 Å². The van der Waals surface area contributed by atoms with Crippen LogP contribution in [0.4, 0.5) is 11.4 Å². The maximum atomic E-state index is 12.2. The minimum absolute atomic E-state index is 0.0599. The highest BCUT2D eigenvalue weighted by Gasteiger charge is 2.45. The first kappa shape index (κ1) is 48.9. The number of aliphatic carboxylic acids is 1. The van der Waals surface area contributed by atoms with E-state index in [2.05, 4.69) is 9.48 Å². The molecule has 0 saturated heterocycles. The Morgan fingerprint density at radius 3 is 1.90 bits per heavy atom. The predicted molar refractivity (Wildman–Crippen MR) is 224 cm³/mol. The number of hydrogen-bond donors (Lipinski definition) is 1. The summed E-state index contributed by atoms with van der Waals surface area (Å²) < 4.78 is 102. The number of rotatable bonds is 27. The Labute approximate surface area is 354 Å². The van der Waals surface area contributed by atoms with Gasteiger partial charge in [-0.15, -0.1) is 0 Å². The minimum Gasteiger partial charge on any atom is -0.744 e. The van der Waals surface area contributed by atoms with Crippen molar-refractivity contribution in [3.8, 4) is 0 Å². The number of methoxy groups -OCH3 is 1. The van der Waals surface area contributed by atoms with Gasteiger partial charge in [0.25, 0.3) is 0 Å². The summed E-state index contributed by atoms with van der Waals surface area (Å²) in [5.74, 6) is -0.859. The summed E-state index contributed by atoms with van der Waals surface area (Å²) in [6.45, 7) is 12.8. The smallest absolute Gasteiger partial charge is 0.303 e. The number of benzene rings is 2. The van der Waals surface area contributed by atoms with Crippen LogP contribution in [-0.4, -0.2) is 127 Å². The summed E-state index contributed by atoms with van der Waals surface area (Å²) >= 11 is 0. The lowest BCUT2D eigenvalue weighted by Gasteiger charge is -2.30. The van der Waals surface area contributed by atoms with Crippen molar-refractivity contribution in [1.82, 2.24) is 0 Å². The zero-order valence-corrected chi connectivity index (χ0v) is 36.9. The Hall–Kier alpha value is -3.78. The van der Waals surface area contributed by atoms with E-state index < -0.39 is 37.0 Å². The van der Waals surface area contributed by atoms with Gasteiger partial charge in [-0.25, -0.2) is 16.8 Å². The highest BCUT2D eigenvalue weighted by molar-refractivity contribution is 7.86. The van der Waals surface area contributed by atoms with Crippen molar-refractivity contribution < 1.29 is 64.1 Å². The zero-order chi connectivity index (χ0) is 44.0. The molecule has 2 aromatic rings. The van der Waals surface area contributed by atoms with Crippen LogP contribution in [0.25, 0.3) is 0 Å². The highest BCUT2D eigenvalue weighted by Crippen LogP contribution is 2.51. The number of anilines is 1. The summed E-state index contributed by atoms with van der Waals surface area (Å²) in [5, 5.41) is 9.16. The number of carbonyl (C=O) groups is 1. The van der Waals surface area contributed by atoms with Crippen LogP contribution in [0.15, 0.2) is 82.3 Å². The lowest BCUT2D eigenvalue weighted by atomic mass is 9.78. The quantitative estimate of drug-likeness (QED) is 0.0516. The lowest BCUT2D eigenvalue weighted by molar-refractivity contribution is -0.433. The number of fused-ring (bicyclic) bond motifs is 2. The van der Waals surface area contributed by atoms with E-state index in [1.807, 2.05) is 58.1 Å². The molecule has 2 aliphatic heterocycles. The maximum Gasteiger partial charge on any atom is 0.303 e. The summed E-state index contributed by atoms with van der Waals surface area (Å²) in [7, 11) is -7.78. The molecule has 0 bridgehead atoms. The van der Waals surface area contributed by atoms with E-state index in [1.54, 1.807) is 19.2 Å². The van der Waals surface area contributed by atoms with Crippen LogP contribution in [0.3, 0.4) is 0 Å². The van der Waals surface area contributed by atoms with Crippen molar-refractivity contribution in [1.29, 1.82) is 0 Å². The Bertz CT molecular complexity index is 2130. The van der Waals surface area contributed by atoms with Gasteiger partial charge in [0.2, 0.25) is 5.69 Å². The molecule has 17 heteroatoms. The molecular weight excluding hydrogens is 817 g/mol. The Morgan fingerprint density at radius 1 is 0.767 bits per heavy atom. The maximum absolute atomic E-state index is 12.2. The summed E-state index contributed by atoms with van der Waals surface area (Å²) in [6.07, 6.45) is 11.9. The average molecular weight is 876 g/mol. The second-order valence-corrected chi connectivity index (χ2v) is 18.0. The fourth-order valence-corrected chi connectivity index (χ4v) is 8.60. The predicted octanol–water partition coefficient (Wildman–Crippen LogP) is 5.41. The lowest BCUT2D eigenvalue weighted by Crippen LogP contribution is -2.30. The van der Waals surface area contributed by atoms with Crippen LogP contribution in [0.5, 0.6) is 0 Å². The van der Waals surface area contributed by atoms with Gasteiger partial charge in [0.1, 0.15) is 26.8 Å². The molecule has 1 N–H and O–H groups in total. The Morgan fingerprint density at radius 2 is 1.33 bits per heavy atom. The van der Waals surface area contributed by atoms with Crippen LogP contribution >= 0.6 is 0 Å². The van der Waals surface area contributed by atoms with E-state index in [-0.39, 0.29) is 16.2 Å². The molecule has 0 amide bonds. The summed E-state index contributed by atoms with van der Waals surface area (Å²) in [6, 6.07) is 8.88. The molecule has 1 unspecified atom stereocenters. The van der Waals surface area contributed by atoms with Gasteiger partial charge in [-0.3, -0.25) is 4.79 Å². The summed E-state index contributed by atoms with van der Waals surface area (Å²) in [4.78, 5) is 12.7. The molecule has 0 fully saturated rings. The molecule has 332 valence electrons. The van der Waals surface area contributed by atoms with Gasteiger partial charge in [0.05, 0.1) is 68.1 Å². The first-order chi connectivity index (χ1) is 28.5. The molecule has 0 aromatic heterocycles. The van der Waals surface area contributed by atoms with Gasteiger partial charge in [-0.2, -0.15) is 4.58 Å². The second kappa shape index (κ2) is 22.4. The third-order valence-corrected chi connectivity index (χ3v) is 12.4. The molecule has 15 nitrogen and oxygen atoms in total. The monoisotopic (exact) mass is 875 g/mol. The summed E-state index contributed by atoms with van der Waals surface area (Å²) in [5.41, 5.74) is 3.38. The van der Waals surface area contributed by atoms with Crippen molar-refractivity contribution in [2.75, 3.05) is 84.6 Å². The Balaban J connectivity index is 1.55. The molecule has 2 aliphatic rings. The molecule has 1 atom stereocenters. The topological polar surface area (TPSA) is 204 Å². The molecular formula is C43H59N2O13S2-. The number of carboxylic acids is 1. The Kier molecular flexibility index (Phi) is 18.2. The number of allylic oxidation sites excluding steroid dienone is 6. The first-order valence-electron chi connectivity index (χ1n) is 20.2. The molecule has 0 radical (unpaired) electrons. The van der Waals surface area contributed by atoms with Crippen LogP contribution in [0.2, 0.25) is 0 Å². The fourth-order valence-electron chi connectivity index (χ4n) is 7.60. The zero-order valence-electron chi connectivity index (χ0n) is 35.2. The number of hydrogen-bond acceptors (Lipinski definition) is 13. The molecule has 2 aromatic carbocycles. The van der Waals surface area contributed by atoms with E-state index in [0.717, 1.165) is 28.3 Å². The molecule has 2 heterocycles. The van der Waals surface area contributed by atoms with Gasteiger partial charge in [-0.05, 0) is 88.9 Å². The third-order valence-electron chi connectivity index (χ3n) is 10.8. The molecule has 0 aliphatic carbocycles. The van der Waals surface area contributed by atoms with Crippen LogP contribution in [-0.2, 0) is 59.5 Å². The van der Waals surface area contributed by atoms with E-state index in [4.69, 9.17) is 28.8 Å². The largest absolute Gasteiger partial charge is 0.744 e. The van der Waals surface area contributed by atoms with Gasteiger partial charge in [0, 0.05) is 61.2 Å². The average Bonchev–Trinajstić information content (AvgIpc) is 3.55.